The molecule has 1 saturated carbocycles. The number of anilines is 1. The Hall–Kier alpha value is -0.760. The molecule has 0 bridgehead atoms. The largest absolute Gasteiger partial charge is 0.381 e. The molecule has 1 unspecified atom stereocenters. The number of pyridine rings is 1. The molecule has 1 aliphatic carbocycles. The number of hydrogen-bond acceptors (Lipinski definition) is 2. The third-order valence-electron chi connectivity index (χ3n) is 2.74. The molecule has 0 radical (unpaired) electrons. The summed E-state index contributed by atoms with van der Waals surface area (Å²) in [5.74, 6) is 0.853. The Kier molecular flexibility index (Phi) is 2.64. The van der Waals surface area contributed by atoms with Crippen LogP contribution in [0.1, 0.15) is 25.3 Å². The number of nitrogens with one attached hydrogen (secondary N) is 1. The molecule has 2 nitrogen and oxygen atoms in total. The van der Waals surface area contributed by atoms with Crippen molar-refractivity contribution in [3.05, 3.63) is 23.0 Å². The molecular weight excluding hydrogens is 196 g/mol. The van der Waals surface area contributed by atoms with Gasteiger partial charge in [-0.25, -0.2) is 4.98 Å². The Bertz CT molecular complexity index is 334. The molecule has 0 aromatic carbocycles. The van der Waals surface area contributed by atoms with Crippen LogP contribution in [-0.2, 0) is 0 Å². The van der Waals surface area contributed by atoms with Crippen molar-refractivity contribution in [1.29, 1.82) is 0 Å². The van der Waals surface area contributed by atoms with Crippen LogP contribution in [0.2, 0.25) is 5.15 Å². The van der Waals surface area contributed by atoms with Gasteiger partial charge in [-0.2, -0.15) is 0 Å². The van der Waals surface area contributed by atoms with Crippen molar-refractivity contribution >= 4 is 17.3 Å². The van der Waals surface area contributed by atoms with Gasteiger partial charge in [0.1, 0.15) is 5.15 Å². The van der Waals surface area contributed by atoms with Crippen molar-refractivity contribution in [2.75, 3.05) is 5.32 Å². The van der Waals surface area contributed by atoms with E-state index in [2.05, 4.69) is 17.2 Å². The summed E-state index contributed by atoms with van der Waals surface area (Å²) in [5, 5.41) is 4.04. The van der Waals surface area contributed by atoms with Crippen LogP contribution in [0.4, 0.5) is 5.69 Å². The Morgan fingerprint density at radius 3 is 2.86 bits per heavy atom. The van der Waals surface area contributed by atoms with E-state index in [1.165, 1.54) is 12.8 Å². The third kappa shape index (κ3) is 2.18. The number of hydrogen-bond donors (Lipinski definition) is 1. The van der Waals surface area contributed by atoms with Crippen LogP contribution in [0.15, 0.2) is 12.3 Å². The van der Waals surface area contributed by atoms with Gasteiger partial charge in [0.05, 0.1) is 11.9 Å². The van der Waals surface area contributed by atoms with Gasteiger partial charge in [0.25, 0.3) is 0 Å². The van der Waals surface area contributed by atoms with Gasteiger partial charge >= 0.3 is 0 Å². The monoisotopic (exact) mass is 210 g/mol. The number of aryl methyl sites for hydroxylation is 1. The van der Waals surface area contributed by atoms with E-state index in [-0.39, 0.29) is 0 Å². The normalized spacial score (nSPS) is 17.9. The van der Waals surface area contributed by atoms with Crippen LogP contribution in [0.5, 0.6) is 0 Å². The molecule has 1 aromatic heterocycles. The smallest absolute Gasteiger partial charge is 0.132 e. The molecule has 1 fully saturated rings. The molecule has 1 aromatic rings. The summed E-state index contributed by atoms with van der Waals surface area (Å²) in [6, 6.07) is 2.60. The molecular formula is C11H15ClN2. The van der Waals surface area contributed by atoms with Crippen molar-refractivity contribution in [2.45, 2.75) is 32.7 Å². The van der Waals surface area contributed by atoms with Crippen molar-refractivity contribution in [3.63, 3.8) is 0 Å². The van der Waals surface area contributed by atoms with E-state index in [1.807, 2.05) is 13.0 Å². The van der Waals surface area contributed by atoms with E-state index in [0.717, 1.165) is 17.2 Å². The van der Waals surface area contributed by atoms with Crippen molar-refractivity contribution in [3.8, 4) is 0 Å². The Balaban J connectivity index is 2.04. The maximum Gasteiger partial charge on any atom is 0.132 e. The van der Waals surface area contributed by atoms with Crippen molar-refractivity contribution < 1.29 is 0 Å². The van der Waals surface area contributed by atoms with Gasteiger partial charge in [0.15, 0.2) is 0 Å². The van der Waals surface area contributed by atoms with Gasteiger partial charge in [-0.15, -0.1) is 0 Å². The van der Waals surface area contributed by atoms with Crippen LogP contribution in [-0.4, -0.2) is 11.0 Å². The zero-order valence-electron chi connectivity index (χ0n) is 8.55. The first-order chi connectivity index (χ1) is 6.66. The second-order valence-electron chi connectivity index (χ2n) is 4.10. The lowest BCUT2D eigenvalue weighted by Crippen LogP contribution is -2.17. The number of rotatable bonds is 3. The predicted octanol–water partition coefficient (Wildman–Crippen LogP) is 3.25. The molecule has 2 rings (SSSR count). The van der Waals surface area contributed by atoms with Crippen LogP contribution in [0.25, 0.3) is 0 Å². The summed E-state index contributed by atoms with van der Waals surface area (Å²) in [6.45, 7) is 4.20. The highest BCUT2D eigenvalue weighted by Gasteiger charge is 2.27. The summed E-state index contributed by atoms with van der Waals surface area (Å²) in [6.07, 6.45) is 4.51. The lowest BCUT2D eigenvalue weighted by Gasteiger charge is -2.14. The zero-order chi connectivity index (χ0) is 10.1. The molecule has 0 aliphatic heterocycles. The quantitative estimate of drug-likeness (QED) is 0.775. The molecule has 14 heavy (non-hydrogen) atoms. The second-order valence-corrected chi connectivity index (χ2v) is 4.46. The highest BCUT2D eigenvalue weighted by Crippen LogP contribution is 2.34. The fourth-order valence-corrected chi connectivity index (χ4v) is 1.72. The fourth-order valence-electron chi connectivity index (χ4n) is 1.61. The summed E-state index contributed by atoms with van der Waals surface area (Å²) in [4.78, 5) is 4.11. The van der Waals surface area contributed by atoms with Crippen LogP contribution < -0.4 is 5.32 Å². The Morgan fingerprint density at radius 1 is 1.57 bits per heavy atom. The zero-order valence-corrected chi connectivity index (χ0v) is 9.30. The predicted molar refractivity (Wildman–Crippen MR) is 59.8 cm³/mol. The van der Waals surface area contributed by atoms with Crippen molar-refractivity contribution in [2.24, 2.45) is 5.92 Å². The van der Waals surface area contributed by atoms with Gasteiger partial charge < -0.3 is 5.32 Å². The lowest BCUT2D eigenvalue weighted by atomic mass is 10.2. The molecule has 76 valence electrons. The van der Waals surface area contributed by atoms with Gasteiger partial charge in [-0.05, 0) is 44.2 Å². The highest BCUT2D eigenvalue weighted by molar-refractivity contribution is 6.30. The first kappa shape index (κ1) is 9.78. The highest BCUT2D eigenvalue weighted by atomic mass is 35.5. The van der Waals surface area contributed by atoms with Gasteiger partial charge in [0, 0.05) is 6.04 Å². The maximum absolute atomic E-state index is 5.85. The minimum Gasteiger partial charge on any atom is -0.381 e. The number of halogens is 1. The number of nitrogens with zero attached hydrogens (tertiary/aromatic N) is 1. The molecule has 1 N–H and O–H groups in total. The molecule has 0 amide bonds. The second kappa shape index (κ2) is 3.77. The molecule has 1 atom stereocenters. The van der Waals surface area contributed by atoms with Crippen LogP contribution in [0.3, 0.4) is 0 Å². The average molecular weight is 211 g/mol. The van der Waals surface area contributed by atoms with E-state index in [4.69, 9.17) is 11.6 Å². The number of aromatic nitrogens is 1. The SMILES string of the molecule is Cc1cc(NC(C)C2CC2)cnc1Cl. The Morgan fingerprint density at radius 2 is 2.29 bits per heavy atom. The molecule has 3 heteroatoms. The van der Waals surface area contributed by atoms with Gasteiger partial charge in [0.2, 0.25) is 0 Å². The molecule has 1 aliphatic rings. The maximum atomic E-state index is 5.85. The lowest BCUT2D eigenvalue weighted by molar-refractivity contribution is 0.693. The summed E-state index contributed by atoms with van der Waals surface area (Å²) < 4.78 is 0. The van der Waals surface area contributed by atoms with E-state index in [1.54, 1.807) is 6.20 Å². The van der Waals surface area contributed by atoms with Gasteiger partial charge in [-0.1, -0.05) is 11.6 Å². The first-order valence-corrected chi connectivity index (χ1v) is 5.43. The third-order valence-corrected chi connectivity index (χ3v) is 3.13. The van der Waals surface area contributed by atoms with E-state index >= 15 is 0 Å². The summed E-state index contributed by atoms with van der Waals surface area (Å²) >= 11 is 5.85. The minimum atomic E-state index is 0.553. The molecule has 1 heterocycles. The fraction of sp³-hybridized carbons (Fsp3) is 0.545. The Labute approximate surface area is 89.7 Å². The van der Waals surface area contributed by atoms with Crippen LogP contribution >= 0.6 is 11.6 Å². The topological polar surface area (TPSA) is 24.9 Å². The van der Waals surface area contributed by atoms with Crippen LogP contribution in [0, 0.1) is 12.8 Å². The van der Waals surface area contributed by atoms with Gasteiger partial charge in [-0.3, -0.25) is 0 Å². The van der Waals surface area contributed by atoms with Crippen molar-refractivity contribution in [1.82, 2.24) is 4.98 Å². The summed E-state index contributed by atoms with van der Waals surface area (Å²) in [7, 11) is 0. The van der Waals surface area contributed by atoms with E-state index in [0.29, 0.717) is 11.2 Å². The molecule has 0 spiro atoms. The van der Waals surface area contributed by atoms with E-state index in [9.17, 15) is 0 Å². The summed E-state index contributed by atoms with van der Waals surface area (Å²) in [5.41, 5.74) is 2.10. The standard InChI is InChI=1S/C11H15ClN2/c1-7-5-10(6-13-11(7)12)14-8(2)9-3-4-9/h5-6,8-9,14H,3-4H2,1-2H3. The average Bonchev–Trinajstić information content (AvgIpc) is 2.94. The minimum absolute atomic E-state index is 0.553. The van der Waals surface area contributed by atoms with E-state index < -0.39 is 0 Å². The molecule has 0 saturated heterocycles. The first-order valence-electron chi connectivity index (χ1n) is 5.05.